The number of aliphatic hydroxyl groups is 1. The summed E-state index contributed by atoms with van der Waals surface area (Å²) in [5, 5.41) is 9.11. The van der Waals surface area contributed by atoms with Crippen molar-refractivity contribution in [1.82, 2.24) is 0 Å². The minimum Gasteiger partial charge on any atom is -0.393 e. The highest BCUT2D eigenvalue weighted by molar-refractivity contribution is 5.19. The second-order valence-corrected chi connectivity index (χ2v) is 2.90. The van der Waals surface area contributed by atoms with Crippen molar-refractivity contribution < 1.29 is 5.11 Å². The Kier molecular flexibility index (Phi) is 3.12. The van der Waals surface area contributed by atoms with Crippen molar-refractivity contribution in [1.29, 1.82) is 0 Å². The fourth-order valence-corrected chi connectivity index (χ4v) is 1.16. The molecule has 0 radical (unpaired) electrons. The maximum atomic E-state index is 9.11. The summed E-state index contributed by atoms with van der Waals surface area (Å²) in [5.74, 6) is 0.394. The van der Waals surface area contributed by atoms with E-state index in [1.807, 2.05) is 31.2 Å². The van der Waals surface area contributed by atoms with Crippen molar-refractivity contribution in [3.8, 4) is 0 Å². The lowest BCUT2D eigenvalue weighted by Gasteiger charge is -2.08. The highest BCUT2D eigenvalue weighted by atomic mass is 16.3. The van der Waals surface area contributed by atoms with Gasteiger partial charge in [-0.05, 0) is 19.3 Å². The highest BCUT2D eigenvalue weighted by Crippen LogP contribution is 2.12. The summed E-state index contributed by atoms with van der Waals surface area (Å²) >= 11 is 0. The molecule has 1 aliphatic carbocycles. The molecule has 11 heavy (non-hydrogen) atoms. The smallest absolute Gasteiger partial charge is 0.0520 e. The molecule has 60 valence electrons. The third-order valence-electron chi connectivity index (χ3n) is 1.66. The average molecular weight is 150 g/mol. The van der Waals surface area contributed by atoms with E-state index in [0.717, 1.165) is 6.42 Å². The van der Waals surface area contributed by atoms with E-state index in [1.165, 1.54) is 0 Å². The molecule has 0 aliphatic heterocycles. The molecule has 0 amide bonds. The van der Waals surface area contributed by atoms with E-state index >= 15 is 0 Å². The van der Waals surface area contributed by atoms with Gasteiger partial charge in [0.2, 0.25) is 0 Å². The molecular formula is C10H14O. The molecule has 0 saturated carbocycles. The van der Waals surface area contributed by atoms with Crippen molar-refractivity contribution in [2.45, 2.75) is 19.4 Å². The zero-order chi connectivity index (χ0) is 8.10. The van der Waals surface area contributed by atoms with E-state index in [9.17, 15) is 0 Å². The van der Waals surface area contributed by atoms with E-state index in [2.05, 4.69) is 12.2 Å². The van der Waals surface area contributed by atoms with Crippen molar-refractivity contribution in [2.75, 3.05) is 0 Å². The predicted molar refractivity (Wildman–Crippen MR) is 47.2 cm³/mol. The summed E-state index contributed by atoms with van der Waals surface area (Å²) in [6.45, 7) is 1.82. The monoisotopic (exact) mass is 150 g/mol. The molecule has 0 aromatic carbocycles. The van der Waals surface area contributed by atoms with Crippen LogP contribution in [0.5, 0.6) is 0 Å². The number of aliphatic hydroxyl groups excluding tert-OH is 1. The summed E-state index contributed by atoms with van der Waals surface area (Å²) in [7, 11) is 0. The number of hydrogen-bond acceptors (Lipinski definition) is 1. The molecule has 1 nitrogen and oxygen atoms in total. The van der Waals surface area contributed by atoms with Gasteiger partial charge in [-0.15, -0.1) is 0 Å². The molecule has 0 fully saturated rings. The van der Waals surface area contributed by atoms with Gasteiger partial charge < -0.3 is 5.11 Å². The first kappa shape index (κ1) is 8.28. The molecule has 0 saturated heterocycles. The second kappa shape index (κ2) is 4.14. The molecule has 1 aliphatic rings. The summed E-state index contributed by atoms with van der Waals surface area (Å²) in [6, 6.07) is 0. The van der Waals surface area contributed by atoms with Crippen LogP contribution in [0.4, 0.5) is 0 Å². The van der Waals surface area contributed by atoms with Gasteiger partial charge in [0.05, 0.1) is 6.10 Å². The minimum atomic E-state index is -0.215. The lowest BCUT2D eigenvalue weighted by molar-refractivity contribution is 0.176. The first-order valence-electron chi connectivity index (χ1n) is 3.99. The topological polar surface area (TPSA) is 20.2 Å². The second-order valence-electron chi connectivity index (χ2n) is 2.90. The molecule has 0 heterocycles. The lowest BCUT2D eigenvalue weighted by Crippen LogP contribution is -2.05. The van der Waals surface area contributed by atoms with Crippen molar-refractivity contribution in [3.63, 3.8) is 0 Å². The molecule has 1 atom stereocenters. The molecule has 0 aromatic rings. The Labute approximate surface area is 67.7 Å². The van der Waals surface area contributed by atoms with Gasteiger partial charge in [0.15, 0.2) is 0 Å². The van der Waals surface area contributed by atoms with Gasteiger partial charge >= 0.3 is 0 Å². The largest absolute Gasteiger partial charge is 0.393 e. The first-order valence-corrected chi connectivity index (χ1v) is 3.99. The Balaban J connectivity index is 2.46. The maximum Gasteiger partial charge on any atom is 0.0520 e. The third-order valence-corrected chi connectivity index (χ3v) is 1.66. The van der Waals surface area contributed by atoms with Gasteiger partial charge in [-0.25, -0.2) is 0 Å². The summed E-state index contributed by atoms with van der Waals surface area (Å²) in [5.41, 5.74) is 0. The van der Waals surface area contributed by atoms with Crippen LogP contribution < -0.4 is 0 Å². The average Bonchev–Trinajstić information content (AvgIpc) is 2.14. The van der Waals surface area contributed by atoms with Gasteiger partial charge in [-0.3, -0.25) is 0 Å². The van der Waals surface area contributed by atoms with Crippen LogP contribution in [0.3, 0.4) is 0 Å². The Bertz CT molecular complexity index is 171. The van der Waals surface area contributed by atoms with Crippen LogP contribution in [0.1, 0.15) is 13.3 Å². The van der Waals surface area contributed by atoms with E-state index in [4.69, 9.17) is 5.11 Å². The van der Waals surface area contributed by atoms with Gasteiger partial charge in [-0.1, -0.05) is 36.5 Å². The molecule has 1 rings (SSSR count). The van der Waals surface area contributed by atoms with Gasteiger partial charge in [-0.2, -0.15) is 0 Å². The minimum absolute atomic E-state index is 0.215. The Morgan fingerprint density at radius 2 is 1.73 bits per heavy atom. The van der Waals surface area contributed by atoms with Crippen LogP contribution in [0.25, 0.3) is 0 Å². The van der Waals surface area contributed by atoms with Crippen LogP contribution in [0.15, 0.2) is 36.5 Å². The summed E-state index contributed by atoms with van der Waals surface area (Å²) in [4.78, 5) is 0. The maximum absolute atomic E-state index is 9.11. The van der Waals surface area contributed by atoms with Crippen molar-refractivity contribution >= 4 is 0 Å². The molecule has 1 heteroatoms. The fraction of sp³-hybridized carbons (Fsp3) is 0.400. The van der Waals surface area contributed by atoms with Gasteiger partial charge in [0.1, 0.15) is 0 Å². The van der Waals surface area contributed by atoms with Crippen LogP contribution in [-0.4, -0.2) is 11.2 Å². The van der Waals surface area contributed by atoms with E-state index in [0.29, 0.717) is 5.92 Å². The molecule has 0 aromatic heterocycles. The number of rotatable bonds is 2. The van der Waals surface area contributed by atoms with Crippen LogP contribution in [0.2, 0.25) is 0 Å². The Morgan fingerprint density at radius 1 is 1.18 bits per heavy atom. The van der Waals surface area contributed by atoms with Crippen molar-refractivity contribution in [3.05, 3.63) is 36.5 Å². The van der Waals surface area contributed by atoms with E-state index in [1.54, 1.807) is 0 Å². The molecule has 1 unspecified atom stereocenters. The summed E-state index contributed by atoms with van der Waals surface area (Å²) in [6.07, 6.45) is 12.8. The molecular weight excluding hydrogens is 136 g/mol. The zero-order valence-electron chi connectivity index (χ0n) is 6.77. The Hall–Kier alpha value is -0.820. The first-order chi connectivity index (χ1) is 5.29. The summed E-state index contributed by atoms with van der Waals surface area (Å²) < 4.78 is 0. The fourth-order valence-electron chi connectivity index (χ4n) is 1.16. The molecule has 0 bridgehead atoms. The lowest BCUT2D eigenvalue weighted by atomic mass is 10.0. The van der Waals surface area contributed by atoms with E-state index < -0.39 is 0 Å². The predicted octanol–water partition coefficient (Wildman–Crippen LogP) is 2.06. The molecule has 1 N–H and O–H groups in total. The normalized spacial score (nSPS) is 20.2. The van der Waals surface area contributed by atoms with Crippen LogP contribution >= 0.6 is 0 Å². The third kappa shape index (κ3) is 3.19. The molecule has 0 spiro atoms. The van der Waals surface area contributed by atoms with E-state index in [-0.39, 0.29) is 6.10 Å². The van der Waals surface area contributed by atoms with Gasteiger partial charge in [0, 0.05) is 0 Å². The highest BCUT2D eigenvalue weighted by Gasteiger charge is 2.04. The van der Waals surface area contributed by atoms with Gasteiger partial charge in [0.25, 0.3) is 0 Å². The van der Waals surface area contributed by atoms with Crippen LogP contribution in [-0.2, 0) is 0 Å². The standard InChI is InChI=1S/C10H14O/c1-9(11)8-10-6-4-2-3-5-7-10/h2-7,9-11H,8H2,1H3. The number of hydrogen-bond donors (Lipinski definition) is 1. The van der Waals surface area contributed by atoms with Crippen molar-refractivity contribution in [2.24, 2.45) is 5.92 Å². The quantitative estimate of drug-likeness (QED) is 0.638. The zero-order valence-corrected chi connectivity index (χ0v) is 6.77. The Morgan fingerprint density at radius 3 is 2.18 bits per heavy atom. The van der Waals surface area contributed by atoms with Crippen LogP contribution in [0, 0.1) is 5.92 Å². The number of allylic oxidation sites excluding steroid dienone is 6. The SMILES string of the molecule is CC(O)CC1C=CC=CC=C1.